The van der Waals surface area contributed by atoms with E-state index < -0.39 is 0 Å². The summed E-state index contributed by atoms with van der Waals surface area (Å²) in [6.07, 6.45) is 0.756. The SMILES string of the molecule is Cc1ccc(-c2csc(C=O)n2)cc1N. The minimum Gasteiger partial charge on any atom is -0.398 e. The Morgan fingerprint density at radius 1 is 1.47 bits per heavy atom. The molecule has 1 aromatic heterocycles. The molecule has 0 aliphatic rings. The van der Waals surface area contributed by atoms with Gasteiger partial charge in [-0.25, -0.2) is 4.98 Å². The van der Waals surface area contributed by atoms with E-state index in [4.69, 9.17) is 5.73 Å². The number of nitrogens with two attached hydrogens (primary N) is 1. The molecule has 2 N–H and O–H groups in total. The third-order valence-corrected chi connectivity index (χ3v) is 2.97. The van der Waals surface area contributed by atoms with Gasteiger partial charge in [0.1, 0.15) is 0 Å². The Balaban J connectivity index is 2.44. The molecule has 1 heterocycles. The van der Waals surface area contributed by atoms with Crippen LogP contribution in [0.4, 0.5) is 5.69 Å². The fourth-order valence-corrected chi connectivity index (χ4v) is 1.90. The van der Waals surface area contributed by atoms with E-state index in [1.165, 1.54) is 11.3 Å². The van der Waals surface area contributed by atoms with Gasteiger partial charge in [0.15, 0.2) is 11.3 Å². The Kier molecular flexibility index (Phi) is 2.51. The average Bonchev–Trinajstić information content (AvgIpc) is 2.70. The summed E-state index contributed by atoms with van der Waals surface area (Å²) >= 11 is 1.33. The second-order valence-electron chi connectivity index (χ2n) is 3.26. The second-order valence-corrected chi connectivity index (χ2v) is 4.15. The molecule has 4 heteroatoms. The van der Waals surface area contributed by atoms with Crippen LogP contribution in [-0.2, 0) is 0 Å². The topological polar surface area (TPSA) is 56.0 Å². The van der Waals surface area contributed by atoms with Crippen LogP contribution in [0.3, 0.4) is 0 Å². The molecule has 76 valence electrons. The van der Waals surface area contributed by atoms with Gasteiger partial charge in [0.05, 0.1) is 5.69 Å². The monoisotopic (exact) mass is 218 g/mol. The van der Waals surface area contributed by atoms with Crippen molar-refractivity contribution >= 4 is 23.3 Å². The highest BCUT2D eigenvalue weighted by Gasteiger charge is 2.04. The van der Waals surface area contributed by atoms with Gasteiger partial charge in [-0.15, -0.1) is 11.3 Å². The van der Waals surface area contributed by atoms with Crippen LogP contribution >= 0.6 is 11.3 Å². The average molecular weight is 218 g/mol. The molecule has 0 atom stereocenters. The van der Waals surface area contributed by atoms with Crippen molar-refractivity contribution in [2.24, 2.45) is 0 Å². The summed E-state index contributed by atoms with van der Waals surface area (Å²) in [6.45, 7) is 1.96. The molecule has 0 radical (unpaired) electrons. The van der Waals surface area contributed by atoms with Gasteiger partial charge in [0.25, 0.3) is 0 Å². The van der Waals surface area contributed by atoms with E-state index >= 15 is 0 Å². The van der Waals surface area contributed by atoms with Crippen molar-refractivity contribution < 1.29 is 4.79 Å². The number of thiazole rings is 1. The van der Waals surface area contributed by atoms with E-state index in [-0.39, 0.29) is 0 Å². The van der Waals surface area contributed by atoms with Gasteiger partial charge < -0.3 is 5.73 Å². The molecule has 2 rings (SSSR count). The fraction of sp³-hybridized carbons (Fsp3) is 0.0909. The molecule has 0 unspecified atom stereocenters. The van der Waals surface area contributed by atoms with Crippen LogP contribution < -0.4 is 5.73 Å². The Hall–Kier alpha value is -1.68. The maximum absolute atomic E-state index is 10.5. The first-order valence-corrected chi connectivity index (χ1v) is 5.36. The van der Waals surface area contributed by atoms with Gasteiger partial charge in [-0.2, -0.15) is 0 Å². The molecule has 3 nitrogen and oxygen atoms in total. The lowest BCUT2D eigenvalue weighted by Gasteiger charge is -2.01. The largest absolute Gasteiger partial charge is 0.398 e. The number of hydrogen-bond donors (Lipinski definition) is 1. The number of rotatable bonds is 2. The molecule has 0 fully saturated rings. The zero-order valence-electron chi connectivity index (χ0n) is 8.23. The van der Waals surface area contributed by atoms with Crippen LogP contribution in [0.15, 0.2) is 23.6 Å². The number of carbonyl (C=O) groups is 1. The van der Waals surface area contributed by atoms with E-state index in [0.29, 0.717) is 5.01 Å². The quantitative estimate of drug-likeness (QED) is 0.622. The molecular weight excluding hydrogens is 208 g/mol. The lowest BCUT2D eigenvalue weighted by molar-refractivity contribution is 0.112. The van der Waals surface area contributed by atoms with Crippen molar-refractivity contribution in [3.63, 3.8) is 0 Å². The fourth-order valence-electron chi connectivity index (χ4n) is 1.27. The molecule has 0 spiro atoms. The van der Waals surface area contributed by atoms with Crippen molar-refractivity contribution in [1.29, 1.82) is 0 Å². The van der Waals surface area contributed by atoms with Crippen molar-refractivity contribution in [1.82, 2.24) is 4.98 Å². The number of anilines is 1. The standard InChI is InChI=1S/C11H10N2OS/c1-7-2-3-8(4-9(7)12)10-6-15-11(5-14)13-10/h2-6H,12H2,1H3. The maximum atomic E-state index is 10.5. The van der Waals surface area contributed by atoms with Crippen molar-refractivity contribution in [3.8, 4) is 11.3 Å². The molecule has 0 amide bonds. The van der Waals surface area contributed by atoms with E-state index in [1.54, 1.807) is 0 Å². The zero-order valence-corrected chi connectivity index (χ0v) is 9.04. The normalized spacial score (nSPS) is 10.2. The molecule has 1 aromatic carbocycles. The number of nitrogen functional groups attached to an aromatic ring is 1. The second kappa shape index (κ2) is 3.82. The van der Waals surface area contributed by atoms with Crippen LogP contribution in [-0.4, -0.2) is 11.3 Å². The summed E-state index contributed by atoms with van der Waals surface area (Å²) in [5, 5.41) is 2.34. The summed E-state index contributed by atoms with van der Waals surface area (Å²) in [4.78, 5) is 14.7. The van der Waals surface area contributed by atoms with Crippen LogP contribution in [0.2, 0.25) is 0 Å². The Morgan fingerprint density at radius 2 is 2.27 bits per heavy atom. The molecule has 0 aliphatic heterocycles. The smallest absolute Gasteiger partial charge is 0.178 e. The minimum atomic E-state index is 0.490. The highest BCUT2D eigenvalue weighted by molar-refractivity contribution is 7.11. The molecule has 2 aromatic rings. The Labute approximate surface area is 91.6 Å². The first kappa shape index (κ1) is 9.86. The van der Waals surface area contributed by atoms with Crippen LogP contribution in [0, 0.1) is 6.92 Å². The summed E-state index contributed by atoms with van der Waals surface area (Å²) in [7, 11) is 0. The highest BCUT2D eigenvalue weighted by Crippen LogP contribution is 2.24. The van der Waals surface area contributed by atoms with Gasteiger partial charge in [-0.1, -0.05) is 12.1 Å². The predicted octanol–water partition coefficient (Wildman–Crippen LogP) is 2.51. The van der Waals surface area contributed by atoms with Gasteiger partial charge in [0, 0.05) is 16.6 Å². The Bertz CT molecular complexity index is 505. The lowest BCUT2D eigenvalue weighted by atomic mass is 10.1. The highest BCUT2D eigenvalue weighted by atomic mass is 32.1. The lowest BCUT2D eigenvalue weighted by Crippen LogP contribution is -1.90. The predicted molar refractivity (Wildman–Crippen MR) is 62.1 cm³/mol. The van der Waals surface area contributed by atoms with Crippen LogP contribution in [0.1, 0.15) is 15.4 Å². The molecule has 0 aliphatic carbocycles. The van der Waals surface area contributed by atoms with E-state index in [9.17, 15) is 4.79 Å². The maximum Gasteiger partial charge on any atom is 0.178 e. The van der Waals surface area contributed by atoms with Gasteiger partial charge in [-0.3, -0.25) is 4.79 Å². The first-order chi connectivity index (χ1) is 7.20. The van der Waals surface area contributed by atoms with E-state index in [2.05, 4.69) is 4.98 Å². The van der Waals surface area contributed by atoms with Crippen molar-refractivity contribution in [3.05, 3.63) is 34.2 Å². The van der Waals surface area contributed by atoms with Crippen molar-refractivity contribution in [2.75, 3.05) is 5.73 Å². The minimum absolute atomic E-state index is 0.490. The third kappa shape index (κ3) is 1.89. The van der Waals surface area contributed by atoms with E-state index in [1.807, 2.05) is 30.5 Å². The van der Waals surface area contributed by atoms with E-state index in [0.717, 1.165) is 28.8 Å². The molecule has 0 bridgehead atoms. The summed E-state index contributed by atoms with van der Waals surface area (Å²) in [5.74, 6) is 0. The summed E-state index contributed by atoms with van der Waals surface area (Å²) < 4.78 is 0. The number of aryl methyl sites for hydroxylation is 1. The molecule has 0 saturated heterocycles. The zero-order chi connectivity index (χ0) is 10.8. The Morgan fingerprint density at radius 3 is 2.87 bits per heavy atom. The first-order valence-electron chi connectivity index (χ1n) is 4.48. The van der Waals surface area contributed by atoms with Crippen LogP contribution in [0.25, 0.3) is 11.3 Å². The molecular formula is C11H10N2OS. The molecule has 0 saturated carbocycles. The number of carbonyl (C=O) groups excluding carboxylic acids is 1. The van der Waals surface area contributed by atoms with Crippen LogP contribution in [0.5, 0.6) is 0 Å². The van der Waals surface area contributed by atoms with Gasteiger partial charge >= 0.3 is 0 Å². The van der Waals surface area contributed by atoms with Gasteiger partial charge in [0.2, 0.25) is 0 Å². The van der Waals surface area contributed by atoms with Gasteiger partial charge in [-0.05, 0) is 18.6 Å². The summed E-state index contributed by atoms with van der Waals surface area (Å²) in [5.41, 5.74) is 9.34. The third-order valence-electron chi connectivity index (χ3n) is 2.20. The number of nitrogens with zero attached hydrogens (tertiary/aromatic N) is 1. The summed E-state index contributed by atoms with van der Waals surface area (Å²) in [6, 6.07) is 5.78. The number of benzene rings is 1. The van der Waals surface area contributed by atoms with Crippen molar-refractivity contribution in [2.45, 2.75) is 6.92 Å². The number of aromatic nitrogens is 1. The number of hydrogen-bond acceptors (Lipinski definition) is 4. The number of aldehydes is 1. The molecule has 15 heavy (non-hydrogen) atoms.